The number of hydrogen-bond acceptors (Lipinski definition) is 2. The predicted octanol–water partition coefficient (Wildman–Crippen LogP) is 11.1. The van der Waals surface area contributed by atoms with Gasteiger partial charge in [-0.25, -0.2) is 0 Å². The summed E-state index contributed by atoms with van der Waals surface area (Å²) in [5.41, 5.74) is 21.9. The summed E-state index contributed by atoms with van der Waals surface area (Å²) in [5.74, 6) is 2.86. The van der Waals surface area contributed by atoms with Crippen molar-refractivity contribution in [3.8, 4) is 0 Å². The van der Waals surface area contributed by atoms with Gasteiger partial charge in [0.25, 0.3) is 0 Å². The first-order valence-electron chi connectivity index (χ1n) is 16.9. The average Bonchev–Trinajstić information content (AvgIpc) is 3.05. The van der Waals surface area contributed by atoms with Gasteiger partial charge in [-0.05, 0) is 95.2 Å². The minimum Gasteiger partial charge on any atom is -0.399 e. The second kappa shape index (κ2) is 14.8. The van der Waals surface area contributed by atoms with Gasteiger partial charge in [-0.1, -0.05) is 126 Å². The van der Waals surface area contributed by atoms with Crippen molar-refractivity contribution in [1.29, 1.82) is 0 Å². The highest BCUT2D eigenvalue weighted by molar-refractivity contribution is 5.45. The predicted molar refractivity (Wildman–Crippen MR) is 186 cm³/mol. The monoisotopic (exact) mass is 572 g/mol. The van der Waals surface area contributed by atoms with Crippen LogP contribution in [-0.4, -0.2) is 0 Å². The van der Waals surface area contributed by atoms with Gasteiger partial charge in [-0.15, -0.1) is 0 Å². The van der Waals surface area contributed by atoms with Crippen molar-refractivity contribution in [2.24, 2.45) is 11.8 Å². The normalized spacial score (nSPS) is 16.8. The molecule has 5 rings (SSSR count). The molecule has 0 amide bonds. The molecule has 1 aliphatic rings. The molecule has 1 fully saturated rings. The molecular weight excluding hydrogens is 520 g/mol. The van der Waals surface area contributed by atoms with Crippen LogP contribution < -0.4 is 11.5 Å². The van der Waals surface area contributed by atoms with Crippen molar-refractivity contribution in [3.63, 3.8) is 0 Å². The molecule has 0 heterocycles. The summed E-state index contributed by atoms with van der Waals surface area (Å²) < 4.78 is 0. The molecule has 1 saturated carbocycles. The Bertz CT molecular complexity index is 1280. The topological polar surface area (TPSA) is 52.0 Å². The molecule has 1 aliphatic carbocycles. The zero-order chi connectivity index (χ0) is 30.2. The highest BCUT2D eigenvalue weighted by atomic mass is 14.5. The van der Waals surface area contributed by atoms with Crippen LogP contribution in [0.2, 0.25) is 0 Å². The smallest absolute Gasteiger partial charge is 0.0314 e. The Morgan fingerprint density at radius 3 is 1.16 bits per heavy atom. The lowest BCUT2D eigenvalue weighted by Gasteiger charge is -2.29. The molecule has 4 N–H and O–H groups in total. The first-order chi connectivity index (χ1) is 21.0. The minimum absolute atomic E-state index is 0.387. The Balaban J connectivity index is 1.40. The van der Waals surface area contributed by atoms with E-state index in [1.54, 1.807) is 0 Å². The number of nitrogens with two attached hydrogens (primary N) is 2. The quantitative estimate of drug-likeness (QED) is 0.166. The molecular formula is C41H52N2. The van der Waals surface area contributed by atoms with Crippen molar-refractivity contribution in [2.45, 2.75) is 96.3 Å². The van der Waals surface area contributed by atoms with Gasteiger partial charge in [-0.3, -0.25) is 0 Å². The van der Waals surface area contributed by atoms with E-state index in [0.717, 1.165) is 36.1 Å². The van der Waals surface area contributed by atoms with Gasteiger partial charge in [0.2, 0.25) is 0 Å². The Hall–Kier alpha value is -3.52. The Morgan fingerprint density at radius 1 is 0.488 bits per heavy atom. The van der Waals surface area contributed by atoms with Crippen LogP contribution in [0.4, 0.5) is 11.4 Å². The number of hydrogen-bond donors (Lipinski definition) is 2. The van der Waals surface area contributed by atoms with Crippen LogP contribution in [0.1, 0.15) is 130 Å². The third kappa shape index (κ3) is 7.71. The Labute approximate surface area is 260 Å². The van der Waals surface area contributed by atoms with E-state index < -0.39 is 0 Å². The van der Waals surface area contributed by atoms with Crippen LogP contribution in [0.25, 0.3) is 0 Å². The minimum atomic E-state index is 0.387. The maximum atomic E-state index is 5.98. The molecule has 226 valence electrons. The lowest BCUT2D eigenvalue weighted by atomic mass is 9.76. The third-order valence-electron chi connectivity index (χ3n) is 10.3. The van der Waals surface area contributed by atoms with Crippen molar-refractivity contribution < 1.29 is 0 Å². The maximum absolute atomic E-state index is 5.98. The number of anilines is 2. The van der Waals surface area contributed by atoms with E-state index in [1.807, 2.05) is 24.3 Å². The van der Waals surface area contributed by atoms with Crippen LogP contribution in [0, 0.1) is 11.8 Å². The van der Waals surface area contributed by atoms with E-state index in [9.17, 15) is 0 Å². The summed E-state index contributed by atoms with van der Waals surface area (Å²) in [6, 6.07) is 35.9. The van der Waals surface area contributed by atoms with Gasteiger partial charge in [0, 0.05) is 29.1 Å². The second-order valence-electron chi connectivity index (χ2n) is 13.1. The number of nitrogen functional groups attached to an aromatic ring is 2. The maximum Gasteiger partial charge on any atom is 0.0314 e. The molecule has 4 aromatic rings. The van der Waals surface area contributed by atoms with E-state index >= 15 is 0 Å². The third-order valence-corrected chi connectivity index (χ3v) is 10.3. The molecule has 0 radical (unpaired) electrons. The molecule has 0 aliphatic heterocycles. The zero-order valence-electron chi connectivity index (χ0n) is 26.6. The standard InChI is InChI=1S/C41H52N2/c1-4-39(33-20-24-37(42)25-21-33)31-12-16-35(17-13-31)41(28-11-29(3)30-9-7-6-8-10-30)36-18-14-32(15-19-36)40(5-2)34-22-26-38(43)27-23-34/h12-27,29-30,39-41H,4-11,28,42-43H2,1-3H3. The number of rotatable bonds is 12. The zero-order valence-corrected chi connectivity index (χ0v) is 26.6. The van der Waals surface area contributed by atoms with Gasteiger partial charge in [0.15, 0.2) is 0 Å². The van der Waals surface area contributed by atoms with Crippen molar-refractivity contribution in [3.05, 3.63) is 130 Å². The lowest BCUT2D eigenvalue weighted by Crippen LogP contribution is -2.16. The van der Waals surface area contributed by atoms with Crippen molar-refractivity contribution in [1.82, 2.24) is 0 Å². The highest BCUT2D eigenvalue weighted by Crippen LogP contribution is 2.38. The molecule has 0 bridgehead atoms. The van der Waals surface area contributed by atoms with E-state index in [1.165, 1.54) is 78.3 Å². The fraction of sp³-hybridized carbons (Fsp3) is 0.415. The Morgan fingerprint density at radius 2 is 0.814 bits per heavy atom. The van der Waals surface area contributed by atoms with E-state index in [2.05, 4.69) is 93.6 Å². The summed E-state index contributed by atoms with van der Waals surface area (Å²) in [6.45, 7) is 7.07. The van der Waals surface area contributed by atoms with Gasteiger partial charge in [0.1, 0.15) is 0 Å². The lowest BCUT2D eigenvalue weighted by molar-refractivity contribution is 0.247. The van der Waals surface area contributed by atoms with Crippen molar-refractivity contribution >= 4 is 11.4 Å². The van der Waals surface area contributed by atoms with E-state index in [0.29, 0.717) is 17.8 Å². The highest BCUT2D eigenvalue weighted by Gasteiger charge is 2.23. The molecule has 0 aromatic heterocycles. The van der Waals surface area contributed by atoms with E-state index in [4.69, 9.17) is 11.5 Å². The molecule has 0 saturated heterocycles. The first kappa shape index (κ1) is 30.9. The van der Waals surface area contributed by atoms with E-state index in [-0.39, 0.29) is 0 Å². The van der Waals surface area contributed by atoms with Crippen LogP contribution in [-0.2, 0) is 0 Å². The van der Waals surface area contributed by atoms with Crippen molar-refractivity contribution in [2.75, 3.05) is 11.5 Å². The summed E-state index contributed by atoms with van der Waals surface area (Å²) in [4.78, 5) is 0. The largest absolute Gasteiger partial charge is 0.399 e. The Kier molecular flexibility index (Phi) is 10.6. The van der Waals surface area contributed by atoms with Gasteiger partial charge >= 0.3 is 0 Å². The van der Waals surface area contributed by atoms with Gasteiger partial charge in [0.05, 0.1) is 0 Å². The number of benzene rings is 4. The van der Waals surface area contributed by atoms with Crippen LogP contribution in [0.3, 0.4) is 0 Å². The summed E-state index contributed by atoms with van der Waals surface area (Å²) >= 11 is 0. The molecule has 43 heavy (non-hydrogen) atoms. The SMILES string of the molecule is CCC(c1ccc(N)cc1)c1ccc(C(CCC(C)C2CCCCC2)c2ccc(C(CC)c3ccc(N)cc3)cc2)cc1. The molecule has 3 unspecified atom stereocenters. The van der Waals surface area contributed by atoms with Gasteiger partial charge < -0.3 is 11.5 Å². The van der Waals surface area contributed by atoms with Crippen LogP contribution in [0.5, 0.6) is 0 Å². The molecule has 3 atom stereocenters. The van der Waals surface area contributed by atoms with Crippen LogP contribution >= 0.6 is 0 Å². The molecule has 0 spiro atoms. The molecule has 2 nitrogen and oxygen atoms in total. The average molecular weight is 573 g/mol. The molecule has 2 heteroatoms. The first-order valence-corrected chi connectivity index (χ1v) is 16.9. The van der Waals surface area contributed by atoms with Gasteiger partial charge in [-0.2, -0.15) is 0 Å². The van der Waals surface area contributed by atoms with Crippen LogP contribution in [0.15, 0.2) is 97.1 Å². The fourth-order valence-electron chi connectivity index (χ4n) is 7.60. The summed E-state index contributed by atoms with van der Waals surface area (Å²) in [5, 5.41) is 0. The fourth-order valence-corrected chi connectivity index (χ4v) is 7.60. The second-order valence-corrected chi connectivity index (χ2v) is 13.1. The molecule has 4 aromatic carbocycles. The summed E-state index contributed by atoms with van der Waals surface area (Å²) in [6.07, 6.45) is 11.7. The summed E-state index contributed by atoms with van der Waals surface area (Å²) in [7, 11) is 0.